The molecule has 0 aliphatic carbocycles. The van der Waals surface area contributed by atoms with Crippen LogP contribution in [0, 0.1) is 0 Å². The van der Waals surface area contributed by atoms with Crippen LogP contribution in [-0.2, 0) is 0 Å². The maximum Gasteiger partial charge on any atom is 0.157 e. The van der Waals surface area contributed by atoms with Crippen molar-refractivity contribution in [3.63, 3.8) is 0 Å². The average Bonchev–Trinajstić information content (AvgIpc) is 3.09. The van der Waals surface area contributed by atoms with E-state index in [4.69, 9.17) is 21.6 Å². The molecule has 0 saturated carbocycles. The predicted molar refractivity (Wildman–Crippen MR) is 100 cm³/mol. The number of benzene rings is 3. The van der Waals surface area contributed by atoms with Gasteiger partial charge in [0.25, 0.3) is 0 Å². The minimum absolute atomic E-state index is 0.111. The van der Waals surface area contributed by atoms with Gasteiger partial charge in [0.15, 0.2) is 5.84 Å². The van der Waals surface area contributed by atoms with Crippen LogP contribution in [0.3, 0.4) is 0 Å². The van der Waals surface area contributed by atoms with E-state index in [0.717, 1.165) is 22.4 Å². The third kappa shape index (κ3) is 2.77. The van der Waals surface area contributed by atoms with Crippen molar-refractivity contribution in [1.29, 1.82) is 0 Å². The highest BCUT2D eigenvalue weighted by Crippen LogP contribution is 2.31. The first-order valence-electron chi connectivity index (χ1n) is 7.84. The Morgan fingerprint density at radius 3 is 2.04 bits per heavy atom. The van der Waals surface area contributed by atoms with Crippen molar-refractivity contribution >= 4 is 23.1 Å². The number of rotatable bonds is 3. The van der Waals surface area contributed by atoms with Crippen LogP contribution in [0.5, 0.6) is 0 Å². The molecule has 1 heterocycles. The Morgan fingerprint density at radius 2 is 1.33 bits per heavy atom. The minimum Gasteiger partial charge on any atom is -0.251 e. The molecule has 4 rings (SSSR count). The van der Waals surface area contributed by atoms with E-state index in [9.17, 15) is 0 Å². The highest BCUT2D eigenvalue weighted by atomic mass is 35.5. The van der Waals surface area contributed by atoms with Gasteiger partial charge in [0, 0.05) is 5.56 Å². The summed E-state index contributed by atoms with van der Waals surface area (Å²) >= 11 is 6.34. The van der Waals surface area contributed by atoms with Crippen molar-refractivity contribution < 1.29 is 0 Å². The van der Waals surface area contributed by atoms with Gasteiger partial charge in [-0.15, -0.1) is 0 Å². The second-order valence-electron chi connectivity index (χ2n) is 5.61. The van der Waals surface area contributed by atoms with Crippen LogP contribution in [0.15, 0.2) is 94.9 Å². The lowest BCUT2D eigenvalue weighted by Gasteiger charge is -2.11. The lowest BCUT2D eigenvalue weighted by atomic mass is 9.98. The quantitative estimate of drug-likeness (QED) is 0.620. The van der Waals surface area contributed by atoms with Crippen LogP contribution < -0.4 is 0 Å². The molecule has 2 nitrogen and oxygen atoms in total. The summed E-state index contributed by atoms with van der Waals surface area (Å²) < 4.78 is 0. The van der Waals surface area contributed by atoms with Gasteiger partial charge in [0.05, 0.1) is 10.7 Å². The summed E-state index contributed by atoms with van der Waals surface area (Å²) in [6.45, 7) is 0. The average molecular weight is 331 g/mol. The summed E-state index contributed by atoms with van der Waals surface area (Å²) in [4.78, 5) is 9.71. The summed E-state index contributed by atoms with van der Waals surface area (Å²) in [6, 6.07) is 28.0. The van der Waals surface area contributed by atoms with Crippen molar-refractivity contribution in [3.8, 4) is 0 Å². The molecule has 3 heteroatoms. The summed E-state index contributed by atoms with van der Waals surface area (Å²) in [5, 5.41) is 0.668. The van der Waals surface area contributed by atoms with Crippen molar-refractivity contribution in [2.45, 2.75) is 6.04 Å². The summed E-state index contributed by atoms with van der Waals surface area (Å²) in [5.41, 5.74) is 4.03. The normalized spacial score (nSPS) is 16.6. The molecule has 1 aliphatic rings. The molecule has 3 aromatic rings. The van der Waals surface area contributed by atoms with E-state index >= 15 is 0 Å². The van der Waals surface area contributed by atoms with E-state index in [1.165, 1.54) is 0 Å². The number of hydrogen-bond donors (Lipinski definition) is 0. The minimum atomic E-state index is -0.111. The smallest absolute Gasteiger partial charge is 0.157 e. The molecule has 24 heavy (non-hydrogen) atoms. The Hall–Kier alpha value is -2.71. The first kappa shape index (κ1) is 14.9. The fraction of sp³-hybridized carbons (Fsp3) is 0.0476. The van der Waals surface area contributed by atoms with Gasteiger partial charge >= 0.3 is 0 Å². The molecule has 1 atom stereocenters. The van der Waals surface area contributed by atoms with E-state index < -0.39 is 0 Å². The molecule has 3 aromatic carbocycles. The monoisotopic (exact) mass is 330 g/mol. The van der Waals surface area contributed by atoms with E-state index in [-0.39, 0.29) is 6.04 Å². The fourth-order valence-corrected chi connectivity index (χ4v) is 3.08. The topological polar surface area (TPSA) is 24.7 Å². The number of aliphatic imine (C=N–C) groups is 2. The van der Waals surface area contributed by atoms with Crippen molar-refractivity contribution in [2.75, 3.05) is 0 Å². The molecule has 0 N–H and O–H groups in total. The standard InChI is InChI=1S/C21H15ClN2/c22-18-14-8-7-13-17(18)21-23-19(15-9-3-1-4-10-15)20(24-21)16-11-5-2-6-12-16/h1-14,19H. The molecule has 0 aromatic heterocycles. The van der Waals surface area contributed by atoms with Gasteiger partial charge in [-0.2, -0.15) is 0 Å². The highest BCUT2D eigenvalue weighted by Gasteiger charge is 2.26. The van der Waals surface area contributed by atoms with Gasteiger partial charge in [0.1, 0.15) is 6.04 Å². The largest absolute Gasteiger partial charge is 0.251 e. The Balaban J connectivity index is 1.84. The van der Waals surface area contributed by atoms with Crippen molar-refractivity contribution in [2.24, 2.45) is 9.98 Å². The summed E-state index contributed by atoms with van der Waals surface area (Å²) in [6.07, 6.45) is 0. The molecule has 116 valence electrons. The Bertz CT molecular complexity index is 915. The van der Waals surface area contributed by atoms with Gasteiger partial charge in [-0.05, 0) is 23.3 Å². The van der Waals surface area contributed by atoms with Crippen LogP contribution in [0.2, 0.25) is 5.02 Å². The van der Waals surface area contributed by atoms with Gasteiger partial charge in [-0.25, -0.2) is 4.99 Å². The van der Waals surface area contributed by atoms with Gasteiger partial charge < -0.3 is 0 Å². The first-order valence-corrected chi connectivity index (χ1v) is 8.22. The highest BCUT2D eigenvalue weighted by molar-refractivity contribution is 6.35. The Labute approximate surface area is 146 Å². The van der Waals surface area contributed by atoms with E-state index in [0.29, 0.717) is 10.9 Å². The van der Waals surface area contributed by atoms with Gasteiger partial charge in [0.2, 0.25) is 0 Å². The maximum atomic E-state index is 6.34. The second-order valence-corrected chi connectivity index (χ2v) is 6.02. The van der Waals surface area contributed by atoms with Crippen LogP contribution in [0.25, 0.3) is 0 Å². The van der Waals surface area contributed by atoms with Gasteiger partial charge in [-0.3, -0.25) is 4.99 Å². The number of hydrogen-bond acceptors (Lipinski definition) is 2. The fourth-order valence-electron chi connectivity index (χ4n) is 2.86. The molecule has 0 bridgehead atoms. The van der Waals surface area contributed by atoms with Crippen molar-refractivity contribution in [1.82, 2.24) is 0 Å². The van der Waals surface area contributed by atoms with E-state index in [1.54, 1.807) is 0 Å². The molecule has 0 spiro atoms. The Kier molecular flexibility index (Phi) is 3.97. The van der Waals surface area contributed by atoms with Crippen LogP contribution >= 0.6 is 11.6 Å². The Morgan fingerprint density at radius 1 is 0.708 bits per heavy atom. The van der Waals surface area contributed by atoms with Crippen molar-refractivity contribution in [3.05, 3.63) is 107 Å². The van der Waals surface area contributed by atoms with Gasteiger partial charge in [-0.1, -0.05) is 84.4 Å². The number of amidine groups is 1. The molecule has 0 amide bonds. The lowest BCUT2D eigenvalue weighted by Crippen LogP contribution is -2.08. The zero-order chi connectivity index (χ0) is 16.4. The molecule has 0 radical (unpaired) electrons. The first-order chi connectivity index (χ1) is 11.8. The van der Waals surface area contributed by atoms with Crippen LogP contribution in [0.4, 0.5) is 0 Å². The summed E-state index contributed by atoms with van der Waals surface area (Å²) in [7, 11) is 0. The molecular weight excluding hydrogens is 316 g/mol. The summed E-state index contributed by atoms with van der Waals surface area (Å²) in [5.74, 6) is 0.688. The number of halogens is 1. The molecule has 0 fully saturated rings. The predicted octanol–water partition coefficient (Wildman–Crippen LogP) is 5.33. The zero-order valence-corrected chi connectivity index (χ0v) is 13.7. The lowest BCUT2D eigenvalue weighted by molar-refractivity contribution is 0.986. The third-order valence-electron chi connectivity index (χ3n) is 4.04. The number of nitrogens with zero attached hydrogens (tertiary/aromatic N) is 2. The SMILES string of the molecule is Clc1ccccc1C1=NC(c2ccccc2)C(c2ccccc2)=N1. The molecule has 0 saturated heterocycles. The zero-order valence-electron chi connectivity index (χ0n) is 12.9. The molecular formula is C21H15ClN2. The molecule has 1 aliphatic heterocycles. The second kappa shape index (κ2) is 6.42. The van der Waals surface area contributed by atoms with E-state index in [1.807, 2.05) is 60.7 Å². The van der Waals surface area contributed by atoms with Crippen LogP contribution in [0.1, 0.15) is 22.7 Å². The van der Waals surface area contributed by atoms with Crippen LogP contribution in [-0.4, -0.2) is 11.5 Å². The third-order valence-corrected chi connectivity index (χ3v) is 4.37. The molecule has 1 unspecified atom stereocenters. The van der Waals surface area contributed by atoms with E-state index in [2.05, 4.69) is 24.3 Å². The maximum absolute atomic E-state index is 6.34.